The van der Waals surface area contributed by atoms with Crippen molar-refractivity contribution in [2.45, 2.75) is 6.92 Å². The summed E-state index contributed by atoms with van der Waals surface area (Å²) in [5.41, 5.74) is 2.22. The van der Waals surface area contributed by atoms with E-state index < -0.39 is 12.1 Å². The number of alkyl carbamates (subject to hydrolysis) is 1. The van der Waals surface area contributed by atoms with Gasteiger partial charge in [-0.3, -0.25) is 0 Å². The summed E-state index contributed by atoms with van der Waals surface area (Å²) < 4.78 is 15.4. The predicted octanol–water partition coefficient (Wildman–Crippen LogP) is 3.54. The number of carbonyl (C=O) groups excluding carboxylic acids is 2. The van der Waals surface area contributed by atoms with Gasteiger partial charge in [-0.05, 0) is 18.6 Å². The van der Waals surface area contributed by atoms with E-state index in [9.17, 15) is 9.59 Å². The molecule has 0 spiro atoms. The lowest BCUT2D eigenvalue weighted by molar-refractivity contribution is -0.138. The molecule has 0 atom stereocenters. The van der Waals surface area contributed by atoms with Crippen LogP contribution in [-0.2, 0) is 14.3 Å². The maximum atomic E-state index is 11.6. The van der Waals surface area contributed by atoms with Gasteiger partial charge in [0.25, 0.3) is 0 Å². The van der Waals surface area contributed by atoms with Crippen LogP contribution < -0.4 is 10.1 Å². The first-order valence-electron chi connectivity index (χ1n) is 8.08. The average molecular weight is 355 g/mol. The van der Waals surface area contributed by atoms with Crippen molar-refractivity contribution < 1.29 is 23.8 Å². The molecule has 0 saturated heterocycles. The molecule has 2 rings (SSSR count). The number of carbonyl (C=O) groups is 2. The maximum Gasteiger partial charge on any atom is 0.410 e. The van der Waals surface area contributed by atoms with E-state index in [4.69, 9.17) is 14.2 Å². The van der Waals surface area contributed by atoms with Gasteiger partial charge >= 0.3 is 12.1 Å². The molecule has 6 nitrogen and oxygen atoms in total. The number of benzene rings is 2. The Kier molecular flexibility index (Phi) is 7.24. The molecule has 0 heterocycles. The Bertz CT molecular complexity index is 758. The van der Waals surface area contributed by atoms with Crippen LogP contribution >= 0.6 is 0 Å². The van der Waals surface area contributed by atoms with Gasteiger partial charge in [0.1, 0.15) is 12.4 Å². The third kappa shape index (κ3) is 5.98. The van der Waals surface area contributed by atoms with Gasteiger partial charge in [-0.25, -0.2) is 9.59 Å². The van der Waals surface area contributed by atoms with E-state index in [0.29, 0.717) is 11.3 Å². The molecule has 0 aromatic heterocycles. The summed E-state index contributed by atoms with van der Waals surface area (Å²) >= 11 is 0. The van der Waals surface area contributed by atoms with Crippen LogP contribution in [0.5, 0.6) is 5.75 Å². The highest BCUT2D eigenvalue weighted by molar-refractivity contribution is 5.86. The highest BCUT2D eigenvalue weighted by atomic mass is 16.7. The van der Waals surface area contributed by atoms with Crippen LogP contribution in [0.3, 0.4) is 0 Å². The van der Waals surface area contributed by atoms with Crippen LogP contribution in [0, 0.1) is 0 Å². The predicted molar refractivity (Wildman–Crippen MR) is 97.6 cm³/mol. The maximum absolute atomic E-state index is 11.6. The Morgan fingerprint density at radius 1 is 1.00 bits per heavy atom. The molecular weight excluding hydrogens is 334 g/mol. The summed E-state index contributed by atoms with van der Waals surface area (Å²) in [5, 5.41) is 2.46. The molecule has 2 aromatic carbocycles. The molecule has 0 bridgehead atoms. The molecule has 26 heavy (non-hydrogen) atoms. The molecule has 1 N–H and O–H groups in total. The number of esters is 1. The van der Waals surface area contributed by atoms with Gasteiger partial charge in [0.15, 0.2) is 0 Å². The summed E-state index contributed by atoms with van der Waals surface area (Å²) in [5.74, 6) is 0.114. The van der Waals surface area contributed by atoms with Gasteiger partial charge in [0.05, 0.1) is 6.54 Å². The summed E-state index contributed by atoms with van der Waals surface area (Å²) in [7, 11) is 0. The zero-order valence-electron chi connectivity index (χ0n) is 14.6. The van der Waals surface area contributed by atoms with Gasteiger partial charge in [-0.15, -0.1) is 0 Å². The smallest absolute Gasteiger partial charge is 0.410 e. The van der Waals surface area contributed by atoms with Gasteiger partial charge in [0.2, 0.25) is 6.79 Å². The number of rotatable bonds is 8. The van der Waals surface area contributed by atoms with E-state index in [-0.39, 0.29) is 19.9 Å². The Hall–Kier alpha value is -3.28. The Labute approximate surface area is 152 Å². The SMILES string of the molecule is C=C(C)C(=O)OCCNC(=O)OCOc1ccccc1-c1ccccc1. The molecule has 0 aliphatic rings. The molecule has 136 valence electrons. The van der Waals surface area contributed by atoms with Crippen LogP contribution in [0.4, 0.5) is 4.79 Å². The van der Waals surface area contributed by atoms with E-state index in [0.717, 1.165) is 11.1 Å². The fourth-order valence-corrected chi connectivity index (χ4v) is 2.07. The number of nitrogens with one attached hydrogen (secondary N) is 1. The van der Waals surface area contributed by atoms with Crippen molar-refractivity contribution >= 4 is 12.1 Å². The van der Waals surface area contributed by atoms with Gasteiger partial charge in [0, 0.05) is 11.1 Å². The molecule has 1 amide bonds. The van der Waals surface area contributed by atoms with E-state index in [1.807, 2.05) is 48.5 Å². The topological polar surface area (TPSA) is 73.9 Å². The van der Waals surface area contributed by atoms with Crippen LogP contribution in [0.2, 0.25) is 0 Å². The average Bonchev–Trinajstić information content (AvgIpc) is 2.66. The second-order valence-electron chi connectivity index (χ2n) is 5.40. The number of hydrogen-bond acceptors (Lipinski definition) is 5. The zero-order chi connectivity index (χ0) is 18.8. The molecular formula is C20H21NO5. The van der Waals surface area contributed by atoms with E-state index in [1.54, 1.807) is 13.0 Å². The number of hydrogen-bond donors (Lipinski definition) is 1. The van der Waals surface area contributed by atoms with Crippen molar-refractivity contribution in [2.75, 3.05) is 19.9 Å². The molecule has 6 heteroatoms. The quantitative estimate of drug-likeness (QED) is 0.339. The zero-order valence-corrected chi connectivity index (χ0v) is 14.6. The Morgan fingerprint density at radius 3 is 2.42 bits per heavy atom. The minimum Gasteiger partial charge on any atom is -0.460 e. The van der Waals surface area contributed by atoms with Crippen LogP contribution in [0.1, 0.15) is 6.92 Å². The Morgan fingerprint density at radius 2 is 1.69 bits per heavy atom. The minimum atomic E-state index is -0.659. The first-order chi connectivity index (χ1) is 12.6. The van der Waals surface area contributed by atoms with Crippen molar-refractivity contribution in [1.82, 2.24) is 5.32 Å². The van der Waals surface area contributed by atoms with E-state index in [2.05, 4.69) is 11.9 Å². The standard InChI is InChI=1S/C20H21NO5/c1-15(2)19(22)24-13-12-21-20(23)26-14-25-18-11-7-6-10-17(18)16-8-4-3-5-9-16/h3-11H,1,12-14H2,2H3,(H,21,23). The second-order valence-corrected chi connectivity index (χ2v) is 5.40. The van der Waals surface area contributed by atoms with Crippen LogP contribution in [0.15, 0.2) is 66.7 Å². The highest BCUT2D eigenvalue weighted by Gasteiger charge is 2.07. The van der Waals surface area contributed by atoms with Gasteiger partial charge in [-0.1, -0.05) is 55.1 Å². The molecule has 0 unspecified atom stereocenters. The monoisotopic (exact) mass is 355 g/mol. The molecule has 0 aliphatic carbocycles. The number of para-hydroxylation sites is 1. The van der Waals surface area contributed by atoms with Gasteiger partial charge < -0.3 is 19.5 Å². The first kappa shape index (κ1) is 19.1. The summed E-state index contributed by atoms with van der Waals surface area (Å²) in [6.45, 7) is 4.96. The third-order valence-corrected chi connectivity index (χ3v) is 3.33. The van der Waals surface area contributed by atoms with Crippen molar-refractivity contribution in [3.63, 3.8) is 0 Å². The normalized spacial score (nSPS) is 9.88. The van der Waals surface area contributed by atoms with E-state index in [1.165, 1.54) is 0 Å². The lowest BCUT2D eigenvalue weighted by atomic mass is 10.1. The summed E-state index contributed by atoms with van der Waals surface area (Å²) in [6.07, 6.45) is -0.659. The Balaban J connectivity index is 1.75. The van der Waals surface area contributed by atoms with Crippen molar-refractivity contribution in [1.29, 1.82) is 0 Å². The molecule has 0 fully saturated rings. The largest absolute Gasteiger partial charge is 0.460 e. The lowest BCUT2D eigenvalue weighted by Gasteiger charge is -2.12. The van der Waals surface area contributed by atoms with E-state index >= 15 is 0 Å². The van der Waals surface area contributed by atoms with Crippen molar-refractivity contribution in [2.24, 2.45) is 0 Å². The fourth-order valence-electron chi connectivity index (χ4n) is 2.07. The van der Waals surface area contributed by atoms with Crippen LogP contribution in [0.25, 0.3) is 11.1 Å². The molecule has 0 aliphatic heterocycles. The summed E-state index contributed by atoms with van der Waals surface area (Å²) in [4.78, 5) is 22.8. The fraction of sp³-hybridized carbons (Fsp3) is 0.200. The number of amides is 1. The lowest BCUT2D eigenvalue weighted by Crippen LogP contribution is -2.29. The minimum absolute atomic E-state index is 0.0402. The molecule has 0 saturated carbocycles. The van der Waals surface area contributed by atoms with Gasteiger partial charge in [-0.2, -0.15) is 0 Å². The first-order valence-corrected chi connectivity index (χ1v) is 8.08. The van der Waals surface area contributed by atoms with Crippen molar-refractivity contribution in [3.8, 4) is 16.9 Å². The molecule has 2 aromatic rings. The third-order valence-electron chi connectivity index (χ3n) is 3.33. The number of ether oxygens (including phenoxy) is 3. The van der Waals surface area contributed by atoms with Crippen LogP contribution in [-0.4, -0.2) is 32.0 Å². The highest BCUT2D eigenvalue weighted by Crippen LogP contribution is 2.29. The second kappa shape index (κ2) is 9.88. The molecule has 0 radical (unpaired) electrons. The summed E-state index contributed by atoms with van der Waals surface area (Å²) in [6, 6.07) is 17.3. The van der Waals surface area contributed by atoms with Crippen molar-refractivity contribution in [3.05, 3.63) is 66.7 Å².